The second kappa shape index (κ2) is 5.09. The number of hydrogen-bond donors (Lipinski definition) is 2. The van der Waals surface area contributed by atoms with Crippen molar-refractivity contribution in [2.24, 2.45) is 5.84 Å². The minimum absolute atomic E-state index is 0.660. The Morgan fingerprint density at radius 1 is 1.54 bits per heavy atom. The summed E-state index contributed by atoms with van der Waals surface area (Å²) >= 11 is 1.91. The summed E-state index contributed by atoms with van der Waals surface area (Å²) in [6, 6.07) is 3.92. The minimum atomic E-state index is 0.660. The Kier molecular flexibility index (Phi) is 4.05. The van der Waals surface area contributed by atoms with Crippen molar-refractivity contribution in [1.82, 2.24) is 4.98 Å². The zero-order valence-electron chi connectivity index (χ0n) is 7.95. The summed E-state index contributed by atoms with van der Waals surface area (Å²) < 4.78 is 0. The first-order valence-corrected chi connectivity index (χ1v) is 5.30. The Morgan fingerprint density at radius 2 is 2.31 bits per heavy atom. The first-order valence-electron chi connectivity index (χ1n) is 4.25. The number of anilines is 1. The Labute approximate surface area is 83.1 Å². The number of rotatable bonds is 4. The standard InChI is InChI=1S/C9H15N3S/c1-7(2)13-6-8-3-4-9(12-10)11-5-8/h3-5,7H,6,10H2,1-2H3,(H,11,12). The number of thioether (sulfide) groups is 1. The molecule has 1 aromatic heterocycles. The van der Waals surface area contributed by atoms with Crippen LogP contribution in [0.3, 0.4) is 0 Å². The number of nitrogens with two attached hydrogens (primary N) is 1. The molecule has 4 heteroatoms. The van der Waals surface area contributed by atoms with Gasteiger partial charge in [0.1, 0.15) is 5.82 Å². The second-order valence-electron chi connectivity index (χ2n) is 3.06. The third kappa shape index (κ3) is 3.65. The summed E-state index contributed by atoms with van der Waals surface area (Å²) in [6.07, 6.45) is 1.85. The van der Waals surface area contributed by atoms with Crippen molar-refractivity contribution < 1.29 is 0 Å². The van der Waals surface area contributed by atoms with Gasteiger partial charge in [-0.05, 0) is 16.9 Å². The minimum Gasteiger partial charge on any atom is -0.308 e. The summed E-state index contributed by atoms with van der Waals surface area (Å²) in [5.74, 6) is 6.92. The topological polar surface area (TPSA) is 50.9 Å². The van der Waals surface area contributed by atoms with Crippen LogP contribution in [0.25, 0.3) is 0 Å². The molecule has 0 unspecified atom stereocenters. The number of hydrogen-bond acceptors (Lipinski definition) is 4. The maximum atomic E-state index is 5.20. The number of nitrogens with one attached hydrogen (secondary N) is 1. The van der Waals surface area contributed by atoms with E-state index in [-0.39, 0.29) is 0 Å². The van der Waals surface area contributed by atoms with Crippen molar-refractivity contribution in [3.63, 3.8) is 0 Å². The van der Waals surface area contributed by atoms with Gasteiger partial charge >= 0.3 is 0 Å². The summed E-state index contributed by atoms with van der Waals surface area (Å²) in [5.41, 5.74) is 3.74. The van der Waals surface area contributed by atoms with E-state index in [1.165, 1.54) is 5.56 Å². The van der Waals surface area contributed by atoms with Crippen molar-refractivity contribution in [2.75, 3.05) is 5.43 Å². The molecule has 72 valence electrons. The molecule has 0 spiro atoms. The van der Waals surface area contributed by atoms with E-state index in [4.69, 9.17) is 5.84 Å². The molecule has 0 aliphatic heterocycles. The van der Waals surface area contributed by atoms with E-state index < -0.39 is 0 Å². The lowest BCUT2D eigenvalue weighted by atomic mass is 10.3. The molecule has 1 heterocycles. The zero-order chi connectivity index (χ0) is 9.68. The van der Waals surface area contributed by atoms with Gasteiger partial charge in [0, 0.05) is 11.9 Å². The van der Waals surface area contributed by atoms with E-state index in [9.17, 15) is 0 Å². The highest BCUT2D eigenvalue weighted by molar-refractivity contribution is 7.99. The van der Waals surface area contributed by atoms with Crippen LogP contribution in [0, 0.1) is 0 Å². The van der Waals surface area contributed by atoms with Crippen LogP contribution in [-0.2, 0) is 5.75 Å². The van der Waals surface area contributed by atoms with Crippen molar-refractivity contribution >= 4 is 17.6 Å². The van der Waals surface area contributed by atoms with Gasteiger partial charge < -0.3 is 5.43 Å². The number of nitrogens with zero attached hydrogens (tertiary/aromatic N) is 1. The van der Waals surface area contributed by atoms with E-state index in [0.29, 0.717) is 11.1 Å². The van der Waals surface area contributed by atoms with Gasteiger partial charge in [0.05, 0.1) is 0 Å². The first-order chi connectivity index (χ1) is 6.22. The highest BCUT2D eigenvalue weighted by atomic mass is 32.2. The molecular weight excluding hydrogens is 182 g/mol. The molecule has 0 atom stereocenters. The molecule has 0 fully saturated rings. The van der Waals surface area contributed by atoms with Gasteiger partial charge in [-0.3, -0.25) is 0 Å². The van der Waals surface area contributed by atoms with Crippen LogP contribution in [0.15, 0.2) is 18.3 Å². The summed E-state index contributed by atoms with van der Waals surface area (Å²) in [5, 5.41) is 0.660. The van der Waals surface area contributed by atoms with Gasteiger partial charge in [-0.15, -0.1) is 0 Å². The molecule has 3 N–H and O–H groups in total. The molecule has 0 radical (unpaired) electrons. The van der Waals surface area contributed by atoms with Gasteiger partial charge in [0.2, 0.25) is 0 Å². The van der Waals surface area contributed by atoms with E-state index >= 15 is 0 Å². The predicted molar refractivity (Wildman–Crippen MR) is 58.5 cm³/mol. The van der Waals surface area contributed by atoms with E-state index in [1.807, 2.05) is 30.1 Å². The average Bonchev–Trinajstić information content (AvgIpc) is 2.15. The molecule has 0 saturated heterocycles. The molecule has 0 amide bonds. The Bertz CT molecular complexity index is 246. The highest BCUT2D eigenvalue weighted by Gasteiger charge is 1.97. The van der Waals surface area contributed by atoms with Crippen molar-refractivity contribution in [3.05, 3.63) is 23.9 Å². The van der Waals surface area contributed by atoms with Crippen LogP contribution in [0.4, 0.5) is 5.82 Å². The highest BCUT2D eigenvalue weighted by Crippen LogP contribution is 2.16. The molecular formula is C9H15N3S. The van der Waals surface area contributed by atoms with Gasteiger partial charge in [-0.2, -0.15) is 11.8 Å². The van der Waals surface area contributed by atoms with E-state index in [2.05, 4.69) is 24.3 Å². The van der Waals surface area contributed by atoms with Crippen molar-refractivity contribution in [3.8, 4) is 0 Å². The molecule has 0 aliphatic carbocycles. The number of nitrogen functional groups attached to an aromatic ring is 1. The fraction of sp³-hybridized carbons (Fsp3) is 0.444. The summed E-state index contributed by atoms with van der Waals surface area (Å²) in [4.78, 5) is 4.13. The predicted octanol–water partition coefficient (Wildman–Crippen LogP) is 2.01. The molecule has 1 aromatic rings. The fourth-order valence-corrected chi connectivity index (χ4v) is 1.55. The van der Waals surface area contributed by atoms with Crippen LogP contribution in [0.5, 0.6) is 0 Å². The van der Waals surface area contributed by atoms with Gasteiger partial charge in [-0.25, -0.2) is 10.8 Å². The maximum absolute atomic E-state index is 5.20. The first kappa shape index (κ1) is 10.3. The van der Waals surface area contributed by atoms with Gasteiger partial charge in [0.15, 0.2) is 0 Å². The summed E-state index contributed by atoms with van der Waals surface area (Å²) in [6.45, 7) is 4.38. The average molecular weight is 197 g/mol. The number of aromatic nitrogens is 1. The van der Waals surface area contributed by atoms with E-state index in [1.54, 1.807) is 0 Å². The van der Waals surface area contributed by atoms with Crippen LogP contribution in [0.2, 0.25) is 0 Å². The monoisotopic (exact) mass is 197 g/mol. The lowest BCUT2D eigenvalue weighted by molar-refractivity contribution is 1.10. The SMILES string of the molecule is CC(C)SCc1ccc(NN)nc1. The molecule has 0 saturated carbocycles. The van der Waals surface area contributed by atoms with E-state index in [0.717, 1.165) is 5.75 Å². The molecule has 13 heavy (non-hydrogen) atoms. The summed E-state index contributed by atoms with van der Waals surface area (Å²) in [7, 11) is 0. The molecule has 0 bridgehead atoms. The maximum Gasteiger partial charge on any atom is 0.139 e. The quantitative estimate of drug-likeness (QED) is 0.572. The van der Waals surface area contributed by atoms with Gasteiger partial charge in [0.25, 0.3) is 0 Å². The fourth-order valence-electron chi connectivity index (χ4n) is 0.858. The lowest BCUT2D eigenvalue weighted by Crippen LogP contribution is -2.08. The molecule has 3 nitrogen and oxygen atoms in total. The molecule has 0 aromatic carbocycles. The number of pyridine rings is 1. The molecule has 0 aliphatic rings. The van der Waals surface area contributed by atoms with Crippen LogP contribution >= 0.6 is 11.8 Å². The smallest absolute Gasteiger partial charge is 0.139 e. The van der Waals surface area contributed by atoms with Crippen LogP contribution in [0.1, 0.15) is 19.4 Å². The zero-order valence-corrected chi connectivity index (χ0v) is 8.77. The third-order valence-corrected chi connectivity index (χ3v) is 2.72. The van der Waals surface area contributed by atoms with Crippen molar-refractivity contribution in [2.45, 2.75) is 24.9 Å². The lowest BCUT2D eigenvalue weighted by Gasteiger charge is -2.04. The second-order valence-corrected chi connectivity index (χ2v) is 4.62. The van der Waals surface area contributed by atoms with Crippen molar-refractivity contribution in [1.29, 1.82) is 0 Å². The Balaban J connectivity index is 2.49. The molecule has 1 rings (SSSR count). The normalized spacial score (nSPS) is 10.5. The largest absolute Gasteiger partial charge is 0.308 e. The van der Waals surface area contributed by atoms with Crippen LogP contribution < -0.4 is 11.3 Å². The van der Waals surface area contributed by atoms with Crippen LogP contribution in [-0.4, -0.2) is 10.2 Å². The van der Waals surface area contributed by atoms with Gasteiger partial charge in [-0.1, -0.05) is 19.9 Å². The Morgan fingerprint density at radius 3 is 2.77 bits per heavy atom. The number of hydrazine groups is 1. The third-order valence-electron chi connectivity index (χ3n) is 1.56. The Hall–Kier alpha value is -0.740.